The zero-order valence-corrected chi connectivity index (χ0v) is 11.5. The van der Waals surface area contributed by atoms with Crippen LogP contribution in [0.15, 0.2) is 18.2 Å². The average molecular weight is 263 g/mol. The average Bonchev–Trinajstić information content (AvgIpc) is 2.37. The van der Waals surface area contributed by atoms with Gasteiger partial charge in [0.25, 0.3) is 0 Å². The normalized spacial score (nSPS) is 9.84. The van der Waals surface area contributed by atoms with Gasteiger partial charge >= 0.3 is 0 Å². The van der Waals surface area contributed by atoms with Crippen LogP contribution in [0.25, 0.3) is 0 Å². The van der Waals surface area contributed by atoms with E-state index in [-0.39, 0.29) is 18.0 Å². The molecule has 0 aliphatic rings. The van der Waals surface area contributed by atoms with Crippen molar-refractivity contribution >= 4 is 11.6 Å². The Hall–Kier alpha value is -2.09. The number of likely N-dealkylation sites (N-methyl/N-ethyl adjacent to an activating group) is 1. The first-order valence-electron chi connectivity index (χ1n) is 6.13. The molecule has 0 unspecified atom stereocenters. The van der Waals surface area contributed by atoms with Crippen LogP contribution in [0.2, 0.25) is 0 Å². The van der Waals surface area contributed by atoms with Crippen molar-refractivity contribution in [2.75, 3.05) is 32.1 Å². The monoisotopic (exact) mass is 263 g/mol. The molecular weight excluding hydrogens is 245 g/mol. The number of rotatable bonds is 5. The first kappa shape index (κ1) is 15.0. The number of halogens is 1. The second-order valence-electron chi connectivity index (χ2n) is 4.52. The van der Waals surface area contributed by atoms with Crippen LogP contribution >= 0.6 is 0 Å². The molecule has 0 fully saturated rings. The molecule has 0 radical (unpaired) electrons. The molecule has 1 amide bonds. The van der Waals surface area contributed by atoms with Crippen LogP contribution < -0.4 is 4.90 Å². The number of anilines is 1. The van der Waals surface area contributed by atoms with Crippen LogP contribution in [0, 0.1) is 17.1 Å². The zero-order valence-electron chi connectivity index (χ0n) is 11.5. The highest BCUT2D eigenvalue weighted by molar-refractivity contribution is 5.81. The number of carbonyl (C=O) groups is 1. The molecule has 0 aromatic heterocycles. The summed E-state index contributed by atoms with van der Waals surface area (Å²) in [4.78, 5) is 15.0. The van der Waals surface area contributed by atoms with Gasteiger partial charge in [-0.1, -0.05) is 6.92 Å². The Balaban J connectivity index is 3.02. The molecule has 102 valence electrons. The summed E-state index contributed by atoms with van der Waals surface area (Å²) in [6, 6.07) is 6.05. The van der Waals surface area contributed by atoms with Crippen LogP contribution in [-0.2, 0) is 4.79 Å². The predicted octanol–water partition coefficient (Wildman–Crippen LogP) is 2.00. The molecule has 0 aliphatic heterocycles. The van der Waals surface area contributed by atoms with Gasteiger partial charge < -0.3 is 9.80 Å². The van der Waals surface area contributed by atoms with E-state index in [0.717, 1.165) is 6.42 Å². The van der Waals surface area contributed by atoms with Crippen LogP contribution in [-0.4, -0.2) is 38.0 Å². The second kappa shape index (κ2) is 6.74. The molecule has 0 heterocycles. The summed E-state index contributed by atoms with van der Waals surface area (Å²) in [7, 11) is 3.36. The van der Waals surface area contributed by atoms with Crippen molar-refractivity contribution in [2.24, 2.45) is 0 Å². The van der Waals surface area contributed by atoms with Gasteiger partial charge in [-0.25, -0.2) is 4.39 Å². The molecule has 0 atom stereocenters. The zero-order chi connectivity index (χ0) is 14.4. The van der Waals surface area contributed by atoms with E-state index in [9.17, 15) is 9.18 Å². The first-order chi connectivity index (χ1) is 8.97. The summed E-state index contributed by atoms with van der Waals surface area (Å²) in [5.41, 5.74) is 0.821. The van der Waals surface area contributed by atoms with Crippen molar-refractivity contribution in [3.8, 4) is 6.07 Å². The highest BCUT2D eigenvalue weighted by atomic mass is 19.1. The van der Waals surface area contributed by atoms with Crippen LogP contribution in [0.1, 0.15) is 18.9 Å². The molecule has 19 heavy (non-hydrogen) atoms. The SMILES string of the molecule is CCCN(CC(=O)N(C)C)c1cc(F)cc(C#N)c1. The molecule has 0 N–H and O–H groups in total. The van der Waals surface area contributed by atoms with E-state index in [1.54, 1.807) is 25.1 Å². The number of hydrogen-bond acceptors (Lipinski definition) is 3. The number of hydrogen-bond donors (Lipinski definition) is 0. The lowest BCUT2D eigenvalue weighted by Crippen LogP contribution is -2.37. The van der Waals surface area contributed by atoms with Gasteiger partial charge in [-0.3, -0.25) is 4.79 Å². The van der Waals surface area contributed by atoms with E-state index in [1.165, 1.54) is 17.0 Å². The van der Waals surface area contributed by atoms with Gasteiger partial charge in [0.2, 0.25) is 5.91 Å². The maximum atomic E-state index is 13.4. The fourth-order valence-electron chi connectivity index (χ4n) is 1.70. The third kappa shape index (κ3) is 4.25. The van der Waals surface area contributed by atoms with Gasteiger partial charge in [-0.05, 0) is 24.6 Å². The molecule has 1 aromatic rings. The minimum Gasteiger partial charge on any atom is -0.362 e. The van der Waals surface area contributed by atoms with Gasteiger partial charge in [-0.2, -0.15) is 5.26 Å². The lowest BCUT2D eigenvalue weighted by Gasteiger charge is -2.25. The summed E-state index contributed by atoms with van der Waals surface area (Å²) >= 11 is 0. The minimum atomic E-state index is -0.465. The molecule has 1 rings (SSSR count). The standard InChI is InChI=1S/C14H18FN3O/c1-4-5-18(10-14(19)17(2)3)13-7-11(9-16)6-12(15)8-13/h6-8H,4-5,10H2,1-3H3. The van der Waals surface area contributed by atoms with E-state index < -0.39 is 5.82 Å². The van der Waals surface area contributed by atoms with E-state index >= 15 is 0 Å². The smallest absolute Gasteiger partial charge is 0.241 e. The first-order valence-corrected chi connectivity index (χ1v) is 6.13. The predicted molar refractivity (Wildman–Crippen MR) is 72.3 cm³/mol. The minimum absolute atomic E-state index is 0.0591. The van der Waals surface area contributed by atoms with E-state index in [2.05, 4.69) is 0 Å². The van der Waals surface area contributed by atoms with Crippen molar-refractivity contribution in [3.63, 3.8) is 0 Å². The Morgan fingerprint density at radius 1 is 1.37 bits per heavy atom. The topological polar surface area (TPSA) is 47.3 Å². The molecular formula is C14H18FN3O. The summed E-state index contributed by atoms with van der Waals surface area (Å²) in [6.07, 6.45) is 0.832. The molecule has 0 aliphatic carbocycles. The highest BCUT2D eigenvalue weighted by Crippen LogP contribution is 2.18. The molecule has 4 nitrogen and oxygen atoms in total. The van der Waals surface area contributed by atoms with Crippen LogP contribution in [0.4, 0.5) is 10.1 Å². The highest BCUT2D eigenvalue weighted by Gasteiger charge is 2.14. The molecule has 1 aromatic carbocycles. The maximum Gasteiger partial charge on any atom is 0.241 e. The van der Waals surface area contributed by atoms with Crippen molar-refractivity contribution in [1.29, 1.82) is 5.26 Å². The Kier molecular flexibility index (Phi) is 5.31. The van der Waals surface area contributed by atoms with E-state index in [0.29, 0.717) is 12.2 Å². The summed E-state index contributed by atoms with van der Waals surface area (Å²) in [6.45, 7) is 2.79. The number of carbonyl (C=O) groups excluding carboxylic acids is 1. The lowest BCUT2D eigenvalue weighted by molar-refractivity contribution is -0.127. The van der Waals surface area contributed by atoms with Crippen molar-refractivity contribution in [2.45, 2.75) is 13.3 Å². The number of amides is 1. The fourth-order valence-corrected chi connectivity index (χ4v) is 1.70. The summed E-state index contributed by atoms with van der Waals surface area (Å²) in [5.74, 6) is -0.524. The Morgan fingerprint density at radius 3 is 2.58 bits per heavy atom. The van der Waals surface area contributed by atoms with Crippen molar-refractivity contribution < 1.29 is 9.18 Å². The quantitative estimate of drug-likeness (QED) is 0.816. The van der Waals surface area contributed by atoms with Gasteiger partial charge in [0.1, 0.15) is 5.82 Å². The maximum absolute atomic E-state index is 13.4. The van der Waals surface area contributed by atoms with Gasteiger partial charge in [0, 0.05) is 26.3 Å². The van der Waals surface area contributed by atoms with Crippen molar-refractivity contribution in [3.05, 3.63) is 29.6 Å². The summed E-state index contributed by atoms with van der Waals surface area (Å²) < 4.78 is 13.4. The Bertz CT molecular complexity index is 494. The molecule has 0 spiro atoms. The van der Waals surface area contributed by atoms with Gasteiger partial charge in [-0.15, -0.1) is 0 Å². The Morgan fingerprint density at radius 2 is 2.05 bits per heavy atom. The third-order valence-corrected chi connectivity index (χ3v) is 2.70. The fraction of sp³-hybridized carbons (Fsp3) is 0.429. The van der Waals surface area contributed by atoms with E-state index in [4.69, 9.17) is 5.26 Å². The third-order valence-electron chi connectivity index (χ3n) is 2.70. The van der Waals surface area contributed by atoms with Gasteiger partial charge in [0.05, 0.1) is 18.2 Å². The molecule has 5 heteroatoms. The molecule has 0 saturated carbocycles. The van der Waals surface area contributed by atoms with Crippen molar-refractivity contribution in [1.82, 2.24) is 4.90 Å². The van der Waals surface area contributed by atoms with E-state index in [1.807, 2.05) is 13.0 Å². The molecule has 0 saturated heterocycles. The van der Waals surface area contributed by atoms with Gasteiger partial charge in [0.15, 0.2) is 0 Å². The number of nitrogens with zero attached hydrogens (tertiary/aromatic N) is 3. The van der Waals surface area contributed by atoms with Crippen LogP contribution in [0.3, 0.4) is 0 Å². The molecule has 0 bridgehead atoms. The largest absolute Gasteiger partial charge is 0.362 e. The van der Waals surface area contributed by atoms with Crippen LogP contribution in [0.5, 0.6) is 0 Å². The Labute approximate surface area is 113 Å². The number of nitriles is 1. The number of benzene rings is 1. The summed E-state index contributed by atoms with van der Waals surface area (Å²) in [5, 5.41) is 8.86. The second-order valence-corrected chi connectivity index (χ2v) is 4.52. The lowest BCUT2D eigenvalue weighted by atomic mass is 10.2.